The maximum absolute atomic E-state index is 13.4. The third kappa shape index (κ3) is 6.39. The molecule has 0 heterocycles. The molecule has 0 bridgehead atoms. The van der Waals surface area contributed by atoms with Crippen molar-refractivity contribution in [2.75, 3.05) is 6.61 Å². The Kier molecular flexibility index (Phi) is 8.06. The fourth-order valence-corrected chi connectivity index (χ4v) is 2.17. The number of halogens is 2. The third-order valence-electron chi connectivity index (χ3n) is 2.90. The molecule has 0 atom stereocenters. The van der Waals surface area contributed by atoms with Gasteiger partial charge in [-0.25, -0.2) is 4.39 Å². The van der Waals surface area contributed by atoms with Crippen LogP contribution in [-0.4, -0.2) is 6.61 Å². The summed E-state index contributed by atoms with van der Waals surface area (Å²) in [5.41, 5.74) is 0. The summed E-state index contributed by atoms with van der Waals surface area (Å²) in [4.78, 5) is 0. The second-order valence-corrected chi connectivity index (χ2v) is 5.46. The predicted molar refractivity (Wildman–Crippen MR) is 77.6 cm³/mol. The Morgan fingerprint density at radius 1 is 1.06 bits per heavy atom. The molecule has 0 spiro atoms. The van der Waals surface area contributed by atoms with Crippen LogP contribution in [0.3, 0.4) is 0 Å². The number of hydrogen-bond donors (Lipinski definition) is 0. The van der Waals surface area contributed by atoms with Crippen LogP contribution in [0.2, 0.25) is 0 Å². The Bertz CT molecular complexity index is 341. The van der Waals surface area contributed by atoms with Crippen LogP contribution < -0.4 is 4.74 Å². The molecule has 1 aromatic carbocycles. The Hall–Kier alpha value is -0.570. The molecule has 0 radical (unpaired) electrons. The van der Waals surface area contributed by atoms with Gasteiger partial charge in [-0.1, -0.05) is 61.4 Å². The van der Waals surface area contributed by atoms with Gasteiger partial charge in [0, 0.05) is 4.47 Å². The van der Waals surface area contributed by atoms with Gasteiger partial charge >= 0.3 is 0 Å². The van der Waals surface area contributed by atoms with Crippen LogP contribution in [0.25, 0.3) is 0 Å². The largest absolute Gasteiger partial charge is 0.491 e. The van der Waals surface area contributed by atoms with Crippen molar-refractivity contribution in [2.45, 2.75) is 51.9 Å². The summed E-state index contributed by atoms with van der Waals surface area (Å²) in [6.07, 6.45) is 8.68. The van der Waals surface area contributed by atoms with Gasteiger partial charge in [-0.05, 0) is 24.6 Å². The van der Waals surface area contributed by atoms with E-state index in [2.05, 4.69) is 22.9 Å². The zero-order valence-electron chi connectivity index (χ0n) is 11.1. The number of rotatable bonds is 9. The molecule has 1 rings (SSSR count). The highest BCUT2D eigenvalue weighted by atomic mass is 79.9. The number of ether oxygens (including phenoxy) is 1. The topological polar surface area (TPSA) is 9.23 Å². The molecule has 0 aliphatic heterocycles. The van der Waals surface area contributed by atoms with Crippen molar-refractivity contribution < 1.29 is 9.13 Å². The molecule has 1 aromatic rings. The second kappa shape index (κ2) is 9.37. The van der Waals surface area contributed by atoms with Crippen LogP contribution in [0.5, 0.6) is 5.75 Å². The van der Waals surface area contributed by atoms with E-state index in [-0.39, 0.29) is 5.82 Å². The van der Waals surface area contributed by atoms with Crippen molar-refractivity contribution >= 4 is 15.9 Å². The van der Waals surface area contributed by atoms with Crippen molar-refractivity contribution in [2.24, 2.45) is 0 Å². The van der Waals surface area contributed by atoms with E-state index in [1.807, 2.05) is 0 Å². The number of unbranched alkanes of at least 4 members (excludes halogenated alkanes) is 6. The summed E-state index contributed by atoms with van der Waals surface area (Å²) in [5.74, 6) is 0.0523. The minimum atomic E-state index is -0.299. The van der Waals surface area contributed by atoms with Crippen LogP contribution in [0.1, 0.15) is 51.9 Å². The molecule has 102 valence electrons. The van der Waals surface area contributed by atoms with Crippen molar-refractivity contribution in [3.05, 3.63) is 28.5 Å². The smallest absolute Gasteiger partial charge is 0.166 e. The number of benzene rings is 1. The molecule has 0 saturated heterocycles. The van der Waals surface area contributed by atoms with Gasteiger partial charge in [0.1, 0.15) is 0 Å². The van der Waals surface area contributed by atoms with E-state index in [9.17, 15) is 4.39 Å². The fraction of sp³-hybridized carbons (Fsp3) is 0.600. The predicted octanol–water partition coefficient (Wildman–Crippen LogP) is 5.72. The summed E-state index contributed by atoms with van der Waals surface area (Å²) in [5, 5.41) is 0. The normalized spacial score (nSPS) is 10.6. The maximum atomic E-state index is 13.4. The van der Waals surface area contributed by atoms with E-state index in [1.165, 1.54) is 44.6 Å². The molecule has 0 saturated carbocycles. The van der Waals surface area contributed by atoms with Crippen molar-refractivity contribution in [1.29, 1.82) is 0 Å². The van der Waals surface area contributed by atoms with Gasteiger partial charge in [0.25, 0.3) is 0 Å². The lowest BCUT2D eigenvalue weighted by Gasteiger charge is -2.07. The first-order valence-electron chi connectivity index (χ1n) is 6.82. The Morgan fingerprint density at radius 3 is 2.39 bits per heavy atom. The highest BCUT2D eigenvalue weighted by Gasteiger charge is 2.03. The van der Waals surface area contributed by atoms with Gasteiger partial charge in [0.2, 0.25) is 0 Å². The second-order valence-electron chi connectivity index (χ2n) is 4.54. The minimum Gasteiger partial charge on any atom is -0.491 e. The monoisotopic (exact) mass is 316 g/mol. The highest BCUT2D eigenvalue weighted by molar-refractivity contribution is 9.10. The first kappa shape index (κ1) is 15.5. The van der Waals surface area contributed by atoms with Crippen molar-refractivity contribution in [3.63, 3.8) is 0 Å². The molecule has 0 N–H and O–H groups in total. The van der Waals surface area contributed by atoms with Gasteiger partial charge in [-0.3, -0.25) is 0 Å². The molecule has 1 nitrogen and oxygen atoms in total. The van der Waals surface area contributed by atoms with Crippen LogP contribution in [-0.2, 0) is 0 Å². The standard InChI is InChI=1S/C15H22BrFO/c1-2-3-4-5-6-7-8-11-18-15-10-9-13(16)12-14(15)17/h9-10,12H,2-8,11H2,1H3. The Morgan fingerprint density at radius 2 is 1.72 bits per heavy atom. The van der Waals surface area contributed by atoms with E-state index in [0.717, 1.165) is 10.9 Å². The molecule has 0 fully saturated rings. The Labute approximate surface area is 118 Å². The fourth-order valence-electron chi connectivity index (χ4n) is 1.83. The Balaban J connectivity index is 2.07. The summed E-state index contributed by atoms with van der Waals surface area (Å²) in [7, 11) is 0. The van der Waals surface area contributed by atoms with Crippen molar-refractivity contribution in [1.82, 2.24) is 0 Å². The third-order valence-corrected chi connectivity index (χ3v) is 3.39. The van der Waals surface area contributed by atoms with E-state index in [1.54, 1.807) is 12.1 Å². The van der Waals surface area contributed by atoms with E-state index < -0.39 is 0 Å². The van der Waals surface area contributed by atoms with Gasteiger partial charge in [0.15, 0.2) is 11.6 Å². The molecular weight excluding hydrogens is 295 g/mol. The molecule has 3 heteroatoms. The molecule has 0 aliphatic rings. The quantitative estimate of drug-likeness (QED) is 0.529. The average Bonchev–Trinajstić information content (AvgIpc) is 2.35. The van der Waals surface area contributed by atoms with Gasteiger partial charge in [-0.2, -0.15) is 0 Å². The van der Waals surface area contributed by atoms with Gasteiger partial charge in [0.05, 0.1) is 6.61 Å². The van der Waals surface area contributed by atoms with Gasteiger partial charge in [-0.15, -0.1) is 0 Å². The zero-order chi connectivity index (χ0) is 13.2. The van der Waals surface area contributed by atoms with Crippen molar-refractivity contribution in [3.8, 4) is 5.75 Å². The van der Waals surface area contributed by atoms with Gasteiger partial charge < -0.3 is 4.74 Å². The number of hydrogen-bond acceptors (Lipinski definition) is 1. The van der Waals surface area contributed by atoms with E-state index in [4.69, 9.17) is 4.74 Å². The molecular formula is C15H22BrFO. The first-order valence-corrected chi connectivity index (χ1v) is 7.61. The zero-order valence-corrected chi connectivity index (χ0v) is 12.6. The average molecular weight is 317 g/mol. The molecule has 0 aromatic heterocycles. The molecule has 0 unspecified atom stereocenters. The summed E-state index contributed by atoms with van der Waals surface area (Å²) in [6, 6.07) is 4.89. The van der Waals surface area contributed by atoms with Crippen LogP contribution >= 0.6 is 15.9 Å². The maximum Gasteiger partial charge on any atom is 0.166 e. The summed E-state index contributed by atoms with van der Waals surface area (Å²) in [6.45, 7) is 2.83. The van der Waals surface area contributed by atoms with E-state index >= 15 is 0 Å². The van der Waals surface area contributed by atoms with Crippen LogP contribution in [0.4, 0.5) is 4.39 Å². The SMILES string of the molecule is CCCCCCCCCOc1ccc(Br)cc1F. The molecule has 0 amide bonds. The lowest BCUT2D eigenvalue weighted by molar-refractivity contribution is 0.290. The van der Waals surface area contributed by atoms with Crippen LogP contribution in [0.15, 0.2) is 22.7 Å². The highest BCUT2D eigenvalue weighted by Crippen LogP contribution is 2.21. The molecule has 18 heavy (non-hydrogen) atoms. The first-order chi connectivity index (χ1) is 8.74. The lowest BCUT2D eigenvalue weighted by atomic mass is 10.1. The summed E-state index contributed by atoms with van der Waals surface area (Å²) >= 11 is 3.22. The van der Waals surface area contributed by atoms with E-state index in [0.29, 0.717) is 12.4 Å². The lowest BCUT2D eigenvalue weighted by Crippen LogP contribution is -1.99. The molecule has 0 aliphatic carbocycles. The minimum absolute atomic E-state index is 0.299. The van der Waals surface area contributed by atoms with Crippen LogP contribution in [0, 0.1) is 5.82 Å². The summed E-state index contributed by atoms with van der Waals surface area (Å²) < 4.78 is 19.6.